The molecule has 1 aliphatic heterocycles. The van der Waals surface area contributed by atoms with Gasteiger partial charge in [0.1, 0.15) is 0 Å². The van der Waals surface area contributed by atoms with E-state index in [0.29, 0.717) is 19.6 Å². The molecular weight excluding hydrogens is 368 g/mol. The van der Waals surface area contributed by atoms with E-state index in [0.717, 1.165) is 34.9 Å². The minimum Gasteiger partial charge on any atom is -0.355 e. The Kier molecular flexibility index (Phi) is 7.40. The molecule has 0 spiro atoms. The summed E-state index contributed by atoms with van der Waals surface area (Å²) in [4.78, 5) is 12.2. The maximum absolute atomic E-state index is 12.2. The van der Waals surface area contributed by atoms with Crippen molar-refractivity contribution in [3.05, 3.63) is 34.9 Å². The number of nitrogens with zero attached hydrogens (tertiary/aromatic N) is 1. The Labute approximate surface area is 153 Å². The highest BCUT2D eigenvalue weighted by atomic mass is 35.5. The molecule has 2 rings (SSSR count). The van der Waals surface area contributed by atoms with Gasteiger partial charge in [-0.25, -0.2) is 12.7 Å². The first-order valence-corrected chi connectivity index (χ1v) is 11.3. The Morgan fingerprint density at radius 3 is 2.96 bits per heavy atom. The smallest absolute Gasteiger partial charge is 0.224 e. The van der Waals surface area contributed by atoms with Crippen molar-refractivity contribution in [2.75, 3.05) is 31.6 Å². The van der Waals surface area contributed by atoms with Crippen molar-refractivity contribution in [2.24, 2.45) is 5.92 Å². The quantitative estimate of drug-likeness (QED) is 0.726. The van der Waals surface area contributed by atoms with Crippen LogP contribution in [0.25, 0.3) is 0 Å². The molecule has 1 amide bonds. The standard InChI is InChI=1S/C16H23ClN2O3S2/c1-24(21,22)19-8-3-5-14(11-19)16(20)18-7-9-23-12-13-4-2-6-15(17)10-13/h2,4,6,10,14H,3,5,7-9,11-12H2,1H3,(H,18,20)/t14-/m1/s1. The third-order valence-corrected chi connectivity index (χ3v) is 6.46. The topological polar surface area (TPSA) is 66.5 Å². The summed E-state index contributed by atoms with van der Waals surface area (Å²) in [6, 6.07) is 7.74. The molecule has 0 aliphatic carbocycles. The lowest BCUT2D eigenvalue weighted by molar-refractivity contribution is -0.125. The highest BCUT2D eigenvalue weighted by molar-refractivity contribution is 7.98. The van der Waals surface area contributed by atoms with E-state index in [1.54, 1.807) is 11.8 Å². The molecule has 0 aromatic heterocycles. The van der Waals surface area contributed by atoms with Crippen LogP contribution in [0.3, 0.4) is 0 Å². The zero-order valence-electron chi connectivity index (χ0n) is 13.7. The minimum absolute atomic E-state index is 0.0493. The van der Waals surface area contributed by atoms with Crippen molar-refractivity contribution in [1.82, 2.24) is 9.62 Å². The number of carbonyl (C=O) groups is 1. The zero-order valence-corrected chi connectivity index (χ0v) is 16.1. The summed E-state index contributed by atoms with van der Waals surface area (Å²) in [7, 11) is -3.22. The molecule has 1 aliphatic rings. The van der Waals surface area contributed by atoms with E-state index in [1.807, 2.05) is 24.3 Å². The van der Waals surface area contributed by atoms with Gasteiger partial charge in [-0.2, -0.15) is 11.8 Å². The molecule has 0 bridgehead atoms. The second-order valence-electron chi connectivity index (χ2n) is 5.93. The monoisotopic (exact) mass is 390 g/mol. The van der Waals surface area contributed by atoms with Gasteiger partial charge in [0.2, 0.25) is 15.9 Å². The van der Waals surface area contributed by atoms with Crippen LogP contribution in [0, 0.1) is 5.92 Å². The number of carbonyl (C=O) groups excluding carboxylic acids is 1. The number of nitrogens with one attached hydrogen (secondary N) is 1. The van der Waals surface area contributed by atoms with Crippen molar-refractivity contribution in [3.63, 3.8) is 0 Å². The van der Waals surface area contributed by atoms with Crippen LogP contribution in [-0.2, 0) is 20.6 Å². The first kappa shape index (κ1) is 19.6. The second kappa shape index (κ2) is 9.08. The fourth-order valence-corrected chi connectivity index (χ4v) is 4.60. The average molecular weight is 391 g/mol. The van der Waals surface area contributed by atoms with Crippen LogP contribution >= 0.6 is 23.4 Å². The number of rotatable bonds is 7. The predicted octanol–water partition coefficient (Wildman–Crippen LogP) is 2.36. The first-order chi connectivity index (χ1) is 11.4. The Morgan fingerprint density at radius 2 is 2.25 bits per heavy atom. The van der Waals surface area contributed by atoms with Crippen LogP contribution in [-0.4, -0.2) is 50.3 Å². The molecule has 1 fully saturated rings. The van der Waals surface area contributed by atoms with Crippen LogP contribution in [0.1, 0.15) is 18.4 Å². The van der Waals surface area contributed by atoms with Gasteiger partial charge in [0, 0.05) is 36.2 Å². The molecule has 24 heavy (non-hydrogen) atoms. The molecule has 1 aromatic carbocycles. The fourth-order valence-electron chi connectivity index (χ4n) is 2.67. The normalized spacial score (nSPS) is 19.2. The molecule has 1 atom stereocenters. The Morgan fingerprint density at radius 1 is 1.46 bits per heavy atom. The van der Waals surface area contributed by atoms with Crippen molar-refractivity contribution in [1.29, 1.82) is 0 Å². The van der Waals surface area contributed by atoms with Gasteiger partial charge in [0.15, 0.2) is 0 Å². The summed E-state index contributed by atoms with van der Waals surface area (Å²) in [5, 5.41) is 3.65. The second-order valence-corrected chi connectivity index (χ2v) is 9.46. The molecule has 0 unspecified atom stereocenters. The number of hydrogen-bond acceptors (Lipinski definition) is 4. The molecule has 134 valence electrons. The maximum Gasteiger partial charge on any atom is 0.224 e. The summed E-state index contributed by atoms with van der Waals surface area (Å²) in [5.41, 5.74) is 1.16. The van der Waals surface area contributed by atoms with Crippen LogP contribution in [0.2, 0.25) is 5.02 Å². The number of hydrogen-bond donors (Lipinski definition) is 1. The summed E-state index contributed by atoms with van der Waals surface area (Å²) in [6.45, 7) is 1.39. The number of sulfonamides is 1. The summed E-state index contributed by atoms with van der Waals surface area (Å²) >= 11 is 7.67. The van der Waals surface area contributed by atoms with Crippen molar-refractivity contribution >= 4 is 39.3 Å². The van der Waals surface area contributed by atoms with Gasteiger partial charge in [-0.3, -0.25) is 4.79 Å². The lowest BCUT2D eigenvalue weighted by Crippen LogP contribution is -2.45. The zero-order chi connectivity index (χ0) is 17.6. The molecule has 1 heterocycles. The predicted molar refractivity (Wildman–Crippen MR) is 99.8 cm³/mol. The first-order valence-electron chi connectivity index (χ1n) is 7.91. The van der Waals surface area contributed by atoms with Crippen LogP contribution < -0.4 is 5.32 Å². The molecule has 8 heteroatoms. The third kappa shape index (κ3) is 6.27. The third-order valence-electron chi connectivity index (χ3n) is 3.93. The molecular formula is C16H23ClN2O3S2. The Bertz CT molecular complexity index is 667. The fraction of sp³-hybridized carbons (Fsp3) is 0.562. The molecule has 1 aromatic rings. The largest absolute Gasteiger partial charge is 0.355 e. The number of benzene rings is 1. The van der Waals surface area contributed by atoms with E-state index in [4.69, 9.17) is 11.6 Å². The van der Waals surface area contributed by atoms with Gasteiger partial charge in [0.05, 0.1) is 12.2 Å². The molecule has 0 radical (unpaired) electrons. The van der Waals surface area contributed by atoms with E-state index in [1.165, 1.54) is 10.6 Å². The number of halogens is 1. The highest BCUT2D eigenvalue weighted by Crippen LogP contribution is 2.19. The van der Waals surface area contributed by atoms with Crippen LogP contribution in [0.4, 0.5) is 0 Å². The van der Waals surface area contributed by atoms with Gasteiger partial charge in [0.25, 0.3) is 0 Å². The number of thioether (sulfide) groups is 1. The van der Waals surface area contributed by atoms with Gasteiger partial charge >= 0.3 is 0 Å². The summed E-state index contributed by atoms with van der Waals surface area (Å²) in [5.74, 6) is 1.36. The number of piperidine rings is 1. The Balaban J connectivity index is 1.67. The number of amides is 1. The average Bonchev–Trinajstić information content (AvgIpc) is 2.54. The van der Waals surface area contributed by atoms with E-state index in [2.05, 4.69) is 5.32 Å². The van der Waals surface area contributed by atoms with Gasteiger partial charge in [-0.05, 0) is 30.5 Å². The Hall–Kier alpha value is -0.760. The van der Waals surface area contributed by atoms with Crippen molar-refractivity contribution < 1.29 is 13.2 Å². The SMILES string of the molecule is CS(=O)(=O)N1CCC[C@@H](C(=O)NCCSCc2cccc(Cl)c2)C1. The minimum atomic E-state index is -3.22. The van der Waals surface area contributed by atoms with Gasteiger partial charge in [-0.1, -0.05) is 23.7 Å². The van der Waals surface area contributed by atoms with E-state index in [9.17, 15) is 13.2 Å². The lowest BCUT2D eigenvalue weighted by Gasteiger charge is -2.30. The van der Waals surface area contributed by atoms with E-state index >= 15 is 0 Å². The van der Waals surface area contributed by atoms with Crippen LogP contribution in [0.5, 0.6) is 0 Å². The van der Waals surface area contributed by atoms with Crippen molar-refractivity contribution in [2.45, 2.75) is 18.6 Å². The molecule has 5 nitrogen and oxygen atoms in total. The highest BCUT2D eigenvalue weighted by Gasteiger charge is 2.29. The van der Waals surface area contributed by atoms with E-state index in [-0.39, 0.29) is 11.8 Å². The maximum atomic E-state index is 12.2. The van der Waals surface area contributed by atoms with Gasteiger partial charge in [-0.15, -0.1) is 0 Å². The summed E-state index contributed by atoms with van der Waals surface area (Å²) < 4.78 is 24.6. The molecule has 1 N–H and O–H groups in total. The molecule has 1 saturated heterocycles. The summed E-state index contributed by atoms with van der Waals surface area (Å²) in [6.07, 6.45) is 2.67. The van der Waals surface area contributed by atoms with E-state index < -0.39 is 10.0 Å². The van der Waals surface area contributed by atoms with Crippen LogP contribution in [0.15, 0.2) is 24.3 Å². The van der Waals surface area contributed by atoms with Gasteiger partial charge < -0.3 is 5.32 Å². The lowest BCUT2D eigenvalue weighted by atomic mass is 9.99. The van der Waals surface area contributed by atoms with Crippen molar-refractivity contribution in [3.8, 4) is 0 Å². The molecule has 0 saturated carbocycles.